The summed E-state index contributed by atoms with van der Waals surface area (Å²) in [6.07, 6.45) is -4.59. The molecule has 0 saturated carbocycles. The first kappa shape index (κ1) is 24.2. The fourth-order valence-electron chi connectivity index (χ4n) is 2.72. The lowest BCUT2D eigenvalue weighted by Gasteiger charge is -2.23. The van der Waals surface area contributed by atoms with E-state index in [1.807, 2.05) is 6.07 Å². The van der Waals surface area contributed by atoms with E-state index < -0.39 is 30.8 Å². The number of benzene rings is 2. The molecule has 31 heavy (non-hydrogen) atoms. The highest BCUT2D eigenvalue weighted by Gasteiger charge is 2.30. The number of carboxylic acid groups (broad SMARTS) is 1. The van der Waals surface area contributed by atoms with Gasteiger partial charge in [0.1, 0.15) is 11.5 Å². The number of carbonyl (C=O) groups excluding carboxylic acids is 1. The van der Waals surface area contributed by atoms with Crippen molar-refractivity contribution >= 4 is 11.8 Å². The molecule has 0 bridgehead atoms. The van der Waals surface area contributed by atoms with Crippen LogP contribution < -0.4 is 9.47 Å². The quantitative estimate of drug-likeness (QED) is 0.504. The van der Waals surface area contributed by atoms with Crippen LogP contribution in [0.15, 0.2) is 42.5 Å². The van der Waals surface area contributed by atoms with Crippen molar-refractivity contribution in [3.8, 4) is 11.5 Å². The molecular formula is C23H25F3O5. The minimum atomic E-state index is -4.27. The Bertz CT molecular complexity index is 918. The fraction of sp³-hybridized carbons (Fsp3) is 0.391. The first-order valence-corrected chi connectivity index (χ1v) is 9.72. The van der Waals surface area contributed by atoms with Gasteiger partial charge in [0.2, 0.25) is 0 Å². The Kier molecular flexibility index (Phi) is 7.70. The molecule has 2 aromatic carbocycles. The number of hydrogen-bond donors (Lipinski definition) is 1. The maximum atomic E-state index is 12.4. The van der Waals surface area contributed by atoms with Gasteiger partial charge in [0.05, 0.1) is 13.0 Å². The molecule has 0 aliphatic rings. The topological polar surface area (TPSA) is 72.8 Å². The van der Waals surface area contributed by atoms with Gasteiger partial charge < -0.3 is 14.6 Å². The molecule has 0 atom stereocenters. The number of aliphatic carboxylic acids is 1. The van der Waals surface area contributed by atoms with E-state index >= 15 is 0 Å². The van der Waals surface area contributed by atoms with Crippen LogP contribution in [-0.2, 0) is 11.2 Å². The Hall–Kier alpha value is -3.03. The van der Waals surface area contributed by atoms with Crippen molar-refractivity contribution in [3.63, 3.8) is 0 Å². The summed E-state index contributed by atoms with van der Waals surface area (Å²) >= 11 is 0. The monoisotopic (exact) mass is 438 g/mol. The maximum Gasteiger partial charge on any atom is 0.392 e. The summed E-state index contributed by atoms with van der Waals surface area (Å²) in [6.45, 7) is 4.26. The molecule has 2 rings (SSSR count). The lowest BCUT2D eigenvalue weighted by Crippen LogP contribution is -2.38. The number of alkyl halides is 3. The largest absolute Gasteiger partial charge is 0.493 e. The number of rotatable bonds is 10. The third kappa shape index (κ3) is 7.62. The predicted molar refractivity (Wildman–Crippen MR) is 109 cm³/mol. The molecule has 2 aromatic rings. The van der Waals surface area contributed by atoms with Crippen molar-refractivity contribution < 1.29 is 37.3 Å². The number of Topliss-reactive ketones (excluding diaryl/α,β-unsaturated/α-hetero) is 1. The second-order valence-electron chi connectivity index (χ2n) is 7.68. The van der Waals surface area contributed by atoms with Gasteiger partial charge >= 0.3 is 12.1 Å². The summed E-state index contributed by atoms with van der Waals surface area (Å²) in [6, 6.07) is 11.3. The van der Waals surface area contributed by atoms with Crippen LogP contribution in [0.1, 0.15) is 48.2 Å². The zero-order valence-corrected chi connectivity index (χ0v) is 17.6. The van der Waals surface area contributed by atoms with Gasteiger partial charge in [0.15, 0.2) is 11.4 Å². The molecule has 0 saturated heterocycles. The van der Waals surface area contributed by atoms with Crippen molar-refractivity contribution in [1.82, 2.24) is 0 Å². The van der Waals surface area contributed by atoms with Crippen molar-refractivity contribution in [1.29, 1.82) is 0 Å². The molecule has 0 radical (unpaired) electrons. The molecule has 0 aromatic heterocycles. The van der Waals surface area contributed by atoms with Crippen LogP contribution >= 0.6 is 0 Å². The summed E-state index contributed by atoms with van der Waals surface area (Å²) in [7, 11) is 0. The average molecular weight is 438 g/mol. The minimum Gasteiger partial charge on any atom is -0.493 e. The zero-order valence-electron chi connectivity index (χ0n) is 17.6. The van der Waals surface area contributed by atoms with Gasteiger partial charge in [0.25, 0.3) is 0 Å². The van der Waals surface area contributed by atoms with Crippen LogP contribution in [0.3, 0.4) is 0 Å². The van der Waals surface area contributed by atoms with E-state index in [4.69, 9.17) is 9.47 Å². The molecule has 0 fully saturated rings. The van der Waals surface area contributed by atoms with E-state index in [1.54, 1.807) is 19.1 Å². The smallest absolute Gasteiger partial charge is 0.392 e. The number of halogens is 3. The minimum absolute atomic E-state index is 0.105. The Labute approximate surface area is 178 Å². The second-order valence-corrected chi connectivity index (χ2v) is 7.68. The molecule has 0 unspecified atom stereocenters. The van der Waals surface area contributed by atoms with Crippen LogP contribution in [0.5, 0.6) is 11.5 Å². The lowest BCUT2D eigenvalue weighted by molar-refractivity contribution is -0.152. The van der Waals surface area contributed by atoms with Gasteiger partial charge in [-0.15, -0.1) is 0 Å². The third-order valence-corrected chi connectivity index (χ3v) is 4.59. The summed E-state index contributed by atoms with van der Waals surface area (Å²) in [5.74, 6) is -0.440. The Morgan fingerprint density at radius 3 is 2.23 bits per heavy atom. The van der Waals surface area contributed by atoms with Crippen molar-refractivity contribution in [2.24, 2.45) is 0 Å². The van der Waals surface area contributed by atoms with Crippen LogP contribution in [-0.4, -0.2) is 35.2 Å². The van der Waals surface area contributed by atoms with E-state index in [0.717, 1.165) is 11.1 Å². The number of carbonyl (C=O) groups is 2. The van der Waals surface area contributed by atoms with Gasteiger partial charge in [-0.25, -0.2) is 4.79 Å². The summed E-state index contributed by atoms with van der Waals surface area (Å²) in [4.78, 5) is 23.6. The standard InChI is InChI=1S/C23H25F3O5/c1-15-14-16(5-11-20(15)31-22(2,3)21(28)29)4-10-19(27)17-6-8-18(9-7-17)30-13-12-23(24,25)26/h5-9,11,14H,4,10,12-13H2,1-3H3,(H,28,29). The number of ketones is 1. The first-order chi connectivity index (χ1) is 14.4. The van der Waals surface area contributed by atoms with E-state index in [9.17, 15) is 27.9 Å². The molecule has 0 amide bonds. The molecule has 0 spiro atoms. The Morgan fingerprint density at radius 1 is 1.03 bits per heavy atom. The highest BCUT2D eigenvalue weighted by molar-refractivity contribution is 5.96. The molecule has 0 aliphatic heterocycles. The molecule has 0 heterocycles. The number of aryl methyl sites for hydroxylation is 2. The summed E-state index contributed by atoms with van der Waals surface area (Å²) in [5, 5.41) is 9.18. The van der Waals surface area contributed by atoms with Gasteiger partial charge in [-0.3, -0.25) is 4.79 Å². The fourth-order valence-corrected chi connectivity index (χ4v) is 2.72. The molecule has 1 N–H and O–H groups in total. The highest BCUT2D eigenvalue weighted by atomic mass is 19.4. The van der Waals surface area contributed by atoms with E-state index in [0.29, 0.717) is 17.7 Å². The van der Waals surface area contributed by atoms with Gasteiger partial charge in [-0.1, -0.05) is 12.1 Å². The summed E-state index contributed by atoms with van der Waals surface area (Å²) < 4.78 is 47.0. The molecule has 168 valence electrons. The number of hydrogen-bond acceptors (Lipinski definition) is 4. The van der Waals surface area contributed by atoms with Crippen LogP contribution in [0.2, 0.25) is 0 Å². The Balaban J connectivity index is 1.90. The van der Waals surface area contributed by atoms with Crippen molar-refractivity contribution in [3.05, 3.63) is 59.2 Å². The number of ether oxygens (including phenoxy) is 2. The van der Waals surface area contributed by atoms with Crippen LogP contribution in [0.4, 0.5) is 13.2 Å². The average Bonchev–Trinajstić information content (AvgIpc) is 2.67. The Morgan fingerprint density at radius 2 is 1.68 bits per heavy atom. The summed E-state index contributed by atoms with van der Waals surface area (Å²) in [5.41, 5.74) is 0.756. The molecular weight excluding hydrogens is 413 g/mol. The van der Waals surface area contributed by atoms with Crippen LogP contribution in [0, 0.1) is 6.92 Å². The van der Waals surface area contributed by atoms with E-state index in [1.165, 1.54) is 38.1 Å². The van der Waals surface area contributed by atoms with E-state index in [2.05, 4.69) is 0 Å². The number of carboxylic acids is 1. The van der Waals surface area contributed by atoms with Gasteiger partial charge in [0, 0.05) is 12.0 Å². The predicted octanol–water partition coefficient (Wildman–Crippen LogP) is 5.38. The van der Waals surface area contributed by atoms with E-state index in [-0.39, 0.29) is 18.0 Å². The lowest BCUT2D eigenvalue weighted by atomic mass is 10.0. The van der Waals surface area contributed by atoms with Gasteiger partial charge in [-0.2, -0.15) is 13.2 Å². The first-order valence-electron chi connectivity index (χ1n) is 9.72. The van der Waals surface area contributed by atoms with Crippen molar-refractivity contribution in [2.75, 3.05) is 6.61 Å². The zero-order chi connectivity index (χ0) is 23.2. The normalized spacial score (nSPS) is 11.8. The molecule has 0 aliphatic carbocycles. The van der Waals surface area contributed by atoms with Gasteiger partial charge in [-0.05, 0) is 68.7 Å². The highest BCUT2D eigenvalue weighted by Crippen LogP contribution is 2.25. The second kappa shape index (κ2) is 9.85. The molecule has 5 nitrogen and oxygen atoms in total. The third-order valence-electron chi connectivity index (χ3n) is 4.59. The maximum absolute atomic E-state index is 12.4. The molecule has 8 heteroatoms. The SMILES string of the molecule is Cc1cc(CCC(=O)c2ccc(OCCC(F)(F)F)cc2)ccc1OC(C)(C)C(=O)O. The van der Waals surface area contributed by atoms with Crippen molar-refractivity contribution in [2.45, 2.75) is 51.8 Å². The van der Waals surface area contributed by atoms with Crippen LogP contribution in [0.25, 0.3) is 0 Å².